The number of nitrogens with zero attached hydrogens (tertiary/aromatic N) is 5. The Kier molecular flexibility index (Phi) is 10.6. The number of hydrogen-bond donors (Lipinski definition) is 2. The number of carbonyl (C=O) groups is 4. The Hall–Kier alpha value is -3.80. The highest BCUT2D eigenvalue weighted by Crippen LogP contribution is 2.35. The van der Waals surface area contributed by atoms with Gasteiger partial charge in [-0.25, -0.2) is 14.6 Å². The van der Waals surface area contributed by atoms with E-state index in [1.165, 1.54) is 0 Å². The Labute approximate surface area is 226 Å². The molecule has 2 amide bonds. The summed E-state index contributed by atoms with van der Waals surface area (Å²) in [4.78, 5) is 57.1. The highest BCUT2D eigenvalue weighted by molar-refractivity contribution is 7.09. The van der Waals surface area contributed by atoms with Crippen molar-refractivity contribution in [1.29, 1.82) is 0 Å². The summed E-state index contributed by atoms with van der Waals surface area (Å²) in [6.45, 7) is 4.60. The molecule has 4 heterocycles. The van der Waals surface area contributed by atoms with Crippen molar-refractivity contribution >= 4 is 40.8 Å². The first-order valence-electron chi connectivity index (χ1n) is 11.2. The monoisotopic (exact) mass is 599 g/mol. The van der Waals surface area contributed by atoms with Crippen molar-refractivity contribution in [2.75, 3.05) is 31.1 Å². The number of carboxylic acids is 2. The Balaban J connectivity index is 0.000000333. The van der Waals surface area contributed by atoms with Gasteiger partial charge in [-0.1, -0.05) is 0 Å². The molecular formula is C22H23F6N5O6S. The van der Waals surface area contributed by atoms with Crippen LogP contribution in [-0.2, 0) is 25.7 Å². The van der Waals surface area contributed by atoms with Gasteiger partial charge in [0.2, 0.25) is 11.8 Å². The van der Waals surface area contributed by atoms with E-state index in [4.69, 9.17) is 19.8 Å². The number of halogens is 6. The van der Waals surface area contributed by atoms with Gasteiger partial charge in [0.1, 0.15) is 11.6 Å². The van der Waals surface area contributed by atoms with E-state index in [0.717, 1.165) is 36.8 Å². The van der Waals surface area contributed by atoms with Gasteiger partial charge in [-0.05, 0) is 18.6 Å². The molecule has 2 aliphatic heterocycles. The first-order chi connectivity index (χ1) is 18.5. The summed E-state index contributed by atoms with van der Waals surface area (Å²) in [6, 6.07) is 3.72. The Morgan fingerprint density at radius 3 is 2.10 bits per heavy atom. The maximum absolute atomic E-state index is 12.7. The van der Waals surface area contributed by atoms with Crippen molar-refractivity contribution in [2.24, 2.45) is 0 Å². The summed E-state index contributed by atoms with van der Waals surface area (Å²) in [5, 5.41) is 17.3. The van der Waals surface area contributed by atoms with Crippen LogP contribution in [0.2, 0.25) is 0 Å². The molecule has 11 nitrogen and oxygen atoms in total. The average Bonchev–Trinajstić information content (AvgIpc) is 3.51. The van der Waals surface area contributed by atoms with Gasteiger partial charge < -0.3 is 20.0 Å². The zero-order valence-corrected chi connectivity index (χ0v) is 21.5. The van der Waals surface area contributed by atoms with E-state index in [2.05, 4.69) is 14.9 Å². The van der Waals surface area contributed by atoms with Crippen LogP contribution in [0.5, 0.6) is 0 Å². The van der Waals surface area contributed by atoms with Crippen LogP contribution in [0.3, 0.4) is 0 Å². The first-order valence-corrected chi connectivity index (χ1v) is 12.0. The molecule has 0 bridgehead atoms. The number of thiazole rings is 1. The summed E-state index contributed by atoms with van der Waals surface area (Å²) in [5.41, 5.74) is 0.436. The minimum Gasteiger partial charge on any atom is -0.475 e. The summed E-state index contributed by atoms with van der Waals surface area (Å²) < 4.78 is 63.5. The van der Waals surface area contributed by atoms with Crippen molar-refractivity contribution in [3.63, 3.8) is 0 Å². The van der Waals surface area contributed by atoms with Gasteiger partial charge in [-0.3, -0.25) is 19.5 Å². The lowest BCUT2D eigenvalue weighted by atomic mass is 9.92. The zero-order chi connectivity index (χ0) is 30.3. The second kappa shape index (κ2) is 13.0. The molecule has 40 heavy (non-hydrogen) atoms. The number of carbonyl (C=O) groups excluding carboxylic acids is 2. The van der Waals surface area contributed by atoms with E-state index in [-0.39, 0.29) is 23.9 Å². The Morgan fingerprint density at radius 1 is 1.05 bits per heavy atom. The van der Waals surface area contributed by atoms with Crippen molar-refractivity contribution in [3.05, 3.63) is 41.1 Å². The standard InChI is InChI=1S/C18H21N5O2S.2C2HF3O2/c1-14(24)23-11-17(25)22(15-3-2-5-19-9-15)13-18(23)4-7-21(12-18)10-16-20-6-8-26-16;2*3-2(4,5)1(6)7/h2-3,5-6,8-9H,4,7,10-13H2,1H3;2*(H,6,7). The lowest BCUT2D eigenvalue weighted by Crippen LogP contribution is -2.66. The summed E-state index contributed by atoms with van der Waals surface area (Å²) in [5.74, 6) is -5.61. The number of carboxylic acid groups (broad SMARTS) is 2. The maximum atomic E-state index is 12.7. The Morgan fingerprint density at radius 2 is 1.65 bits per heavy atom. The maximum Gasteiger partial charge on any atom is 0.490 e. The van der Waals surface area contributed by atoms with Crippen LogP contribution in [-0.4, -0.2) is 97.8 Å². The van der Waals surface area contributed by atoms with Crippen LogP contribution in [0.1, 0.15) is 18.4 Å². The third-order valence-electron chi connectivity index (χ3n) is 5.70. The second-order valence-electron chi connectivity index (χ2n) is 8.51. The van der Waals surface area contributed by atoms with Gasteiger partial charge in [-0.15, -0.1) is 11.3 Å². The first kappa shape index (κ1) is 32.4. The van der Waals surface area contributed by atoms with Gasteiger partial charge in [0.05, 0.1) is 30.5 Å². The summed E-state index contributed by atoms with van der Waals surface area (Å²) in [7, 11) is 0. The Bertz CT molecular complexity index is 1160. The number of aliphatic carboxylic acids is 2. The predicted octanol–water partition coefficient (Wildman–Crippen LogP) is 2.64. The van der Waals surface area contributed by atoms with E-state index >= 15 is 0 Å². The molecule has 2 aliphatic rings. The fourth-order valence-electron chi connectivity index (χ4n) is 4.00. The summed E-state index contributed by atoms with van der Waals surface area (Å²) in [6.07, 6.45) is -4.10. The third kappa shape index (κ3) is 8.87. The average molecular weight is 600 g/mol. The molecule has 0 aromatic carbocycles. The lowest BCUT2D eigenvalue weighted by Gasteiger charge is -2.48. The number of pyridine rings is 1. The molecule has 2 N–H and O–H groups in total. The second-order valence-corrected chi connectivity index (χ2v) is 9.49. The van der Waals surface area contributed by atoms with Crippen LogP contribution in [0, 0.1) is 0 Å². The molecule has 2 aromatic rings. The largest absolute Gasteiger partial charge is 0.490 e. The molecular weight excluding hydrogens is 576 g/mol. The van der Waals surface area contributed by atoms with Crippen LogP contribution in [0.25, 0.3) is 0 Å². The number of likely N-dealkylation sites (tertiary alicyclic amines) is 1. The number of amides is 2. The molecule has 18 heteroatoms. The molecule has 0 aliphatic carbocycles. The molecule has 220 valence electrons. The highest BCUT2D eigenvalue weighted by atomic mass is 32.1. The number of rotatable bonds is 3. The van der Waals surface area contributed by atoms with E-state index in [1.54, 1.807) is 40.5 Å². The fourth-order valence-corrected chi connectivity index (χ4v) is 4.66. The van der Waals surface area contributed by atoms with Crippen LogP contribution < -0.4 is 4.90 Å². The number of anilines is 1. The van der Waals surface area contributed by atoms with Gasteiger partial charge in [0.15, 0.2) is 0 Å². The SMILES string of the molecule is CC(=O)N1CC(=O)N(c2cccnc2)CC12CCN(Cc1nccs1)C2.O=C(O)C(F)(F)F.O=C(O)C(F)(F)F. The molecule has 0 saturated carbocycles. The van der Waals surface area contributed by atoms with Gasteiger partial charge in [0, 0.05) is 37.8 Å². The normalized spacial score (nSPS) is 19.4. The van der Waals surface area contributed by atoms with Gasteiger partial charge in [-0.2, -0.15) is 26.3 Å². The van der Waals surface area contributed by atoms with Crippen molar-refractivity contribution in [2.45, 2.75) is 37.8 Å². The van der Waals surface area contributed by atoms with E-state index in [1.807, 2.05) is 23.7 Å². The van der Waals surface area contributed by atoms with E-state index < -0.39 is 24.3 Å². The van der Waals surface area contributed by atoms with Crippen molar-refractivity contribution < 1.29 is 55.7 Å². The minimum absolute atomic E-state index is 0.0414. The molecule has 0 radical (unpaired) electrons. The number of alkyl halides is 6. The van der Waals surface area contributed by atoms with Gasteiger partial charge in [0.25, 0.3) is 0 Å². The molecule has 1 atom stereocenters. The number of aromatic nitrogens is 2. The number of piperazine rings is 1. The highest BCUT2D eigenvalue weighted by Gasteiger charge is 2.50. The quantitative estimate of drug-likeness (QED) is 0.509. The lowest BCUT2D eigenvalue weighted by molar-refractivity contribution is -0.193. The van der Waals surface area contributed by atoms with Crippen molar-refractivity contribution in [3.8, 4) is 0 Å². The smallest absolute Gasteiger partial charge is 0.475 e. The predicted molar refractivity (Wildman–Crippen MR) is 126 cm³/mol. The molecule has 2 saturated heterocycles. The van der Waals surface area contributed by atoms with E-state index in [9.17, 15) is 35.9 Å². The summed E-state index contributed by atoms with van der Waals surface area (Å²) >= 11 is 1.64. The molecule has 1 unspecified atom stereocenters. The van der Waals surface area contributed by atoms with Crippen LogP contribution in [0.4, 0.5) is 32.0 Å². The minimum atomic E-state index is -5.08. The van der Waals surface area contributed by atoms with Gasteiger partial charge >= 0.3 is 24.3 Å². The van der Waals surface area contributed by atoms with Crippen LogP contribution >= 0.6 is 11.3 Å². The zero-order valence-electron chi connectivity index (χ0n) is 20.6. The number of hydrogen-bond acceptors (Lipinski definition) is 8. The third-order valence-corrected chi connectivity index (χ3v) is 6.46. The topological polar surface area (TPSA) is 144 Å². The van der Waals surface area contributed by atoms with E-state index in [0.29, 0.717) is 6.54 Å². The fraction of sp³-hybridized carbons (Fsp3) is 0.455. The molecule has 4 rings (SSSR count). The molecule has 1 spiro atoms. The molecule has 2 aromatic heterocycles. The van der Waals surface area contributed by atoms with Crippen molar-refractivity contribution in [1.82, 2.24) is 19.8 Å². The molecule has 2 fully saturated rings. The van der Waals surface area contributed by atoms with Crippen LogP contribution in [0.15, 0.2) is 36.1 Å².